The summed E-state index contributed by atoms with van der Waals surface area (Å²) in [7, 11) is 0. The second kappa shape index (κ2) is 9.27. The molecule has 0 saturated carbocycles. The van der Waals surface area contributed by atoms with Crippen molar-refractivity contribution in [2.75, 3.05) is 37.7 Å². The predicted molar refractivity (Wildman–Crippen MR) is 123 cm³/mol. The smallest absolute Gasteiger partial charge is 0.219 e. The number of rotatable bonds is 6. The number of anilines is 1. The number of nitriles is 1. The largest absolute Gasteiger partial charge is 0.492 e. The highest BCUT2D eigenvalue weighted by Crippen LogP contribution is 2.31. The summed E-state index contributed by atoms with van der Waals surface area (Å²) in [6.45, 7) is 9.45. The minimum absolute atomic E-state index is 0.113. The van der Waals surface area contributed by atoms with E-state index in [4.69, 9.17) is 4.74 Å². The zero-order valence-corrected chi connectivity index (χ0v) is 18.8. The molecule has 3 aromatic heterocycles. The van der Waals surface area contributed by atoms with Crippen LogP contribution in [0.2, 0.25) is 0 Å². The van der Waals surface area contributed by atoms with E-state index >= 15 is 0 Å². The quantitative estimate of drug-likeness (QED) is 0.594. The number of amides is 1. The second-order valence-corrected chi connectivity index (χ2v) is 8.28. The third kappa shape index (κ3) is 4.37. The van der Waals surface area contributed by atoms with Crippen LogP contribution in [-0.2, 0) is 4.79 Å². The topological polar surface area (TPSA) is 86.8 Å². The molecule has 1 fully saturated rings. The molecule has 1 aliphatic rings. The molecular weight excluding hydrogens is 404 g/mol. The molecule has 1 atom stereocenters. The fourth-order valence-corrected chi connectivity index (χ4v) is 3.82. The molecule has 8 nitrogen and oxygen atoms in total. The Labute approximate surface area is 188 Å². The summed E-state index contributed by atoms with van der Waals surface area (Å²) in [6, 6.07) is 8.20. The summed E-state index contributed by atoms with van der Waals surface area (Å²) < 4.78 is 7.72. The minimum Gasteiger partial charge on any atom is -0.492 e. The molecule has 3 aromatic rings. The van der Waals surface area contributed by atoms with Crippen molar-refractivity contribution in [3.8, 4) is 22.9 Å². The van der Waals surface area contributed by atoms with Gasteiger partial charge in [-0.15, -0.1) is 0 Å². The molecule has 0 radical (unpaired) electrons. The van der Waals surface area contributed by atoms with Gasteiger partial charge in [0, 0.05) is 50.4 Å². The van der Waals surface area contributed by atoms with Gasteiger partial charge in [0.25, 0.3) is 0 Å². The van der Waals surface area contributed by atoms with Gasteiger partial charge < -0.3 is 14.5 Å². The molecule has 166 valence electrons. The fraction of sp³-hybridized carbons (Fsp3) is 0.417. The van der Waals surface area contributed by atoms with Gasteiger partial charge in [0.1, 0.15) is 17.6 Å². The number of aromatic nitrogens is 3. The van der Waals surface area contributed by atoms with Crippen LogP contribution in [0.5, 0.6) is 5.75 Å². The summed E-state index contributed by atoms with van der Waals surface area (Å²) in [5, 5.41) is 13.9. The molecule has 32 heavy (non-hydrogen) atoms. The van der Waals surface area contributed by atoms with Crippen molar-refractivity contribution in [3.05, 3.63) is 42.4 Å². The number of ether oxygens (including phenoxy) is 1. The molecule has 1 amide bonds. The number of hydrogen-bond acceptors (Lipinski definition) is 6. The van der Waals surface area contributed by atoms with Crippen LogP contribution in [0.15, 0.2) is 36.8 Å². The molecule has 4 rings (SSSR count). The highest BCUT2D eigenvalue weighted by atomic mass is 16.5. The Morgan fingerprint density at radius 3 is 2.66 bits per heavy atom. The van der Waals surface area contributed by atoms with Gasteiger partial charge in [-0.05, 0) is 24.1 Å². The normalized spacial score (nSPS) is 14.9. The van der Waals surface area contributed by atoms with Crippen molar-refractivity contribution in [2.45, 2.75) is 27.2 Å². The maximum atomic E-state index is 11.6. The van der Waals surface area contributed by atoms with E-state index in [1.165, 1.54) is 0 Å². The van der Waals surface area contributed by atoms with E-state index in [9.17, 15) is 10.1 Å². The van der Waals surface area contributed by atoms with E-state index in [0.717, 1.165) is 42.0 Å². The number of fused-ring (bicyclic) bond motifs is 1. The Morgan fingerprint density at radius 1 is 1.25 bits per heavy atom. The number of carbonyl (C=O) groups is 1. The van der Waals surface area contributed by atoms with Crippen LogP contribution >= 0.6 is 0 Å². The van der Waals surface area contributed by atoms with E-state index < -0.39 is 0 Å². The van der Waals surface area contributed by atoms with E-state index in [1.54, 1.807) is 17.6 Å². The maximum Gasteiger partial charge on any atom is 0.219 e. The molecule has 0 N–H and O–H groups in total. The number of carbonyl (C=O) groups excluding carboxylic acids is 1. The first-order valence-corrected chi connectivity index (χ1v) is 11.0. The van der Waals surface area contributed by atoms with Gasteiger partial charge in [0.2, 0.25) is 5.91 Å². The number of pyridine rings is 2. The van der Waals surface area contributed by atoms with Gasteiger partial charge in [-0.3, -0.25) is 4.79 Å². The Hall–Kier alpha value is -3.60. The van der Waals surface area contributed by atoms with E-state index in [0.29, 0.717) is 36.9 Å². The van der Waals surface area contributed by atoms with Crippen molar-refractivity contribution >= 4 is 17.2 Å². The molecule has 0 bridgehead atoms. The molecule has 1 aliphatic heterocycles. The molecule has 4 heterocycles. The minimum atomic E-state index is 0.113. The first-order valence-electron chi connectivity index (χ1n) is 11.0. The van der Waals surface area contributed by atoms with Crippen LogP contribution in [-0.4, -0.2) is 58.2 Å². The Balaban J connectivity index is 1.62. The third-order valence-electron chi connectivity index (χ3n) is 6.05. The molecule has 0 spiro atoms. The van der Waals surface area contributed by atoms with Crippen LogP contribution in [0.3, 0.4) is 0 Å². The molecule has 8 heteroatoms. The summed E-state index contributed by atoms with van der Waals surface area (Å²) in [4.78, 5) is 20.3. The molecule has 0 aromatic carbocycles. The fourth-order valence-electron chi connectivity index (χ4n) is 3.82. The number of piperazine rings is 1. The van der Waals surface area contributed by atoms with Crippen molar-refractivity contribution in [3.63, 3.8) is 0 Å². The SMILES string of the molecule is CCC(C)COc1cc(-c2ccc(N3CCN(C(C)=O)CC3)nc2)c2c(C#N)cnn2c1. The van der Waals surface area contributed by atoms with E-state index in [-0.39, 0.29) is 5.91 Å². The summed E-state index contributed by atoms with van der Waals surface area (Å²) in [6.07, 6.45) is 6.27. The highest BCUT2D eigenvalue weighted by Gasteiger charge is 2.20. The van der Waals surface area contributed by atoms with Gasteiger partial charge in [-0.1, -0.05) is 20.3 Å². The first kappa shape index (κ1) is 21.6. The highest BCUT2D eigenvalue weighted by molar-refractivity contribution is 5.85. The van der Waals surface area contributed by atoms with Gasteiger partial charge in [-0.2, -0.15) is 10.4 Å². The van der Waals surface area contributed by atoms with Gasteiger partial charge in [-0.25, -0.2) is 9.50 Å². The molecule has 1 unspecified atom stereocenters. The average molecular weight is 433 g/mol. The Bertz CT molecular complexity index is 1140. The van der Waals surface area contributed by atoms with Crippen molar-refractivity contribution < 1.29 is 9.53 Å². The van der Waals surface area contributed by atoms with Gasteiger partial charge in [0.05, 0.1) is 30.1 Å². The lowest BCUT2D eigenvalue weighted by Crippen LogP contribution is -2.48. The Morgan fingerprint density at radius 2 is 2.03 bits per heavy atom. The van der Waals surface area contributed by atoms with Crippen LogP contribution in [0.4, 0.5) is 5.82 Å². The summed E-state index contributed by atoms with van der Waals surface area (Å²) >= 11 is 0. The Kier molecular flexibility index (Phi) is 6.26. The van der Waals surface area contributed by atoms with Crippen LogP contribution < -0.4 is 9.64 Å². The van der Waals surface area contributed by atoms with Gasteiger partial charge >= 0.3 is 0 Å². The summed E-state index contributed by atoms with van der Waals surface area (Å²) in [5.74, 6) is 2.16. The van der Waals surface area contributed by atoms with Crippen molar-refractivity contribution in [1.82, 2.24) is 19.5 Å². The monoisotopic (exact) mass is 432 g/mol. The molecule has 1 saturated heterocycles. The first-order chi connectivity index (χ1) is 15.5. The van der Waals surface area contributed by atoms with Crippen LogP contribution in [0.25, 0.3) is 16.6 Å². The van der Waals surface area contributed by atoms with Crippen molar-refractivity contribution in [1.29, 1.82) is 5.26 Å². The molecular formula is C24H28N6O2. The summed E-state index contributed by atoms with van der Waals surface area (Å²) in [5.41, 5.74) is 3.01. The lowest BCUT2D eigenvalue weighted by atomic mass is 10.1. The standard InChI is InChI=1S/C24H28N6O2/c1-4-17(2)16-32-21-11-22(24-20(12-25)14-27-30(24)15-21)19-5-6-23(26-13-19)29-9-7-28(8-10-29)18(3)31/h5-6,11,13-15,17H,4,7-10,16H2,1-3H3. The third-order valence-corrected chi connectivity index (χ3v) is 6.05. The number of hydrogen-bond donors (Lipinski definition) is 0. The predicted octanol–water partition coefficient (Wildman–Crippen LogP) is 3.36. The molecule has 0 aliphatic carbocycles. The average Bonchev–Trinajstić information content (AvgIpc) is 3.25. The van der Waals surface area contributed by atoms with Crippen LogP contribution in [0.1, 0.15) is 32.8 Å². The zero-order chi connectivity index (χ0) is 22.7. The van der Waals surface area contributed by atoms with E-state index in [1.807, 2.05) is 35.5 Å². The van der Waals surface area contributed by atoms with Crippen molar-refractivity contribution in [2.24, 2.45) is 5.92 Å². The van der Waals surface area contributed by atoms with E-state index in [2.05, 4.69) is 34.9 Å². The van der Waals surface area contributed by atoms with Crippen LogP contribution in [0, 0.1) is 17.2 Å². The lowest BCUT2D eigenvalue weighted by molar-refractivity contribution is -0.129. The number of nitrogens with zero attached hydrogens (tertiary/aromatic N) is 6. The zero-order valence-electron chi connectivity index (χ0n) is 18.8. The maximum absolute atomic E-state index is 11.6. The van der Waals surface area contributed by atoms with Gasteiger partial charge in [0.15, 0.2) is 0 Å². The second-order valence-electron chi connectivity index (χ2n) is 8.28. The lowest BCUT2D eigenvalue weighted by Gasteiger charge is -2.34.